The molecule has 2 nitrogen and oxygen atoms in total. The molecule has 2 saturated heterocycles. The largest absolute Gasteiger partial charge is 0.374 e. The molecule has 5 rings (SSSR count). The number of hydrogen-bond acceptors (Lipinski definition) is 2. The normalized spacial score (nSPS) is 64.2. The van der Waals surface area contributed by atoms with E-state index in [0.717, 1.165) is 29.6 Å². The molecule has 3 aliphatic carbocycles. The van der Waals surface area contributed by atoms with Gasteiger partial charge in [-0.1, -0.05) is 19.8 Å². The Morgan fingerprint density at radius 2 is 1.67 bits per heavy atom. The number of ether oxygens (including phenoxy) is 2. The van der Waals surface area contributed by atoms with Crippen molar-refractivity contribution in [1.29, 1.82) is 0 Å². The molecule has 2 heteroatoms. The second-order valence-electron chi connectivity index (χ2n) is 7.36. The van der Waals surface area contributed by atoms with Gasteiger partial charge in [0, 0.05) is 11.8 Å². The zero-order chi connectivity index (χ0) is 11.9. The van der Waals surface area contributed by atoms with Gasteiger partial charge in [0.2, 0.25) is 0 Å². The molecule has 0 amide bonds. The second-order valence-corrected chi connectivity index (χ2v) is 7.36. The molecule has 0 aromatic heterocycles. The van der Waals surface area contributed by atoms with Crippen molar-refractivity contribution >= 4 is 0 Å². The van der Waals surface area contributed by atoms with E-state index in [1.165, 1.54) is 38.5 Å². The first-order valence-electron chi connectivity index (χ1n) is 8.19. The Labute approximate surface area is 109 Å². The maximum Gasteiger partial charge on any atom is 0.0668 e. The first-order valence-corrected chi connectivity index (χ1v) is 8.19. The van der Waals surface area contributed by atoms with Crippen LogP contribution in [0.15, 0.2) is 0 Å². The van der Waals surface area contributed by atoms with Crippen LogP contribution < -0.4 is 0 Å². The first-order chi connectivity index (χ1) is 8.88. The predicted octanol–water partition coefficient (Wildman–Crippen LogP) is 3.00. The van der Waals surface area contributed by atoms with Crippen LogP contribution in [-0.4, -0.2) is 24.4 Å². The summed E-state index contributed by atoms with van der Waals surface area (Å²) in [5.74, 6) is 4.30. The van der Waals surface area contributed by atoms with Gasteiger partial charge in [0.15, 0.2) is 0 Å². The molecular weight excluding hydrogens is 224 g/mol. The van der Waals surface area contributed by atoms with Crippen LogP contribution in [-0.2, 0) is 9.47 Å². The first kappa shape index (κ1) is 10.7. The topological polar surface area (TPSA) is 18.5 Å². The molecule has 0 radical (unpaired) electrons. The van der Waals surface area contributed by atoms with Crippen molar-refractivity contribution in [2.75, 3.05) is 0 Å². The SMILES string of the molecule is CCC1CCC2C3OC4CCCC(C5OC1C25)C43. The summed E-state index contributed by atoms with van der Waals surface area (Å²) in [5, 5.41) is 0. The molecule has 0 bridgehead atoms. The van der Waals surface area contributed by atoms with Crippen LogP contribution in [0.25, 0.3) is 0 Å². The highest BCUT2D eigenvalue weighted by molar-refractivity contribution is 5.14. The van der Waals surface area contributed by atoms with Crippen LogP contribution in [0.1, 0.15) is 45.4 Å². The molecular formula is C16H24O2. The fourth-order valence-electron chi connectivity index (χ4n) is 6.14. The average molecular weight is 248 g/mol. The van der Waals surface area contributed by atoms with Crippen LogP contribution >= 0.6 is 0 Å². The summed E-state index contributed by atoms with van der Waals surface area (Å²) in [6.07, 6.45) is 10.7. The van der Waals surface area contributed by atoms with Gasteiger partial charge in [0.05, 0.1) is 24.4 Å². The van der Waals surface area contributed by atoms with Crippen LogP contribution in [0.3, 0.4) is 0 Å². The van der Waals surface area contributed by atoms with Crippen LogP contribution in [0.4, 0.5) is 0 Å². The molecule has 5 aliphatic rings. The van der Waals surface area contributed by atoms with E-state index >= 15 is 0 Å². The standard InChI is InChI=1S/C16H24O2/c1-2-8-6-7-10-13-14(8)18-16(13)9-4-3-5-11-12(9)15(10)17-11/h8-16H,2-7H2,1H3. The molecule has 0 spiro atoms. The maximum absolute atomic E-state index is 6.40. The van der Waals surface area contributed by atoms with Crippen LogP contribution in [0.5, 0.6) is 0 Å². The Balaban J connectivity index is 1.47. The Hall–Kier alpha value is -0.0800. The summed E-state index contributed by atoms with van der Waals surface area (Å²) < 4.78 is 12.7. The van der Waals surface area contributed by atoms with Gasteiger partial charge in [-0.25, -0.2) is 0 Å². The van der Waals surface area contributed by atoms with Crippen molar-refractivity contribution in [2.24, 2.45) is 29.6 Å². The zero-order valence-corrected chi connectivity index (χ0v) is 11.3. The van der Waals surface area contributed by atoms with E-state index < -0.39 is 0 Å². The zero-order valence-electron chi connectivity index (χ0n) is 11.3. The number of fused-ring (bicyclic) bond motifs is 2. The average Bonchev–Trinajstić information content (AvgIpc) is 2.32. The van der Waals surface area contributed by atoms with E-state index in [1.54, 1.807) is 0 Å². The van der Waals surface area contributed by atoms with Gasteiger partial charge in [-0.15, -0.1) is 0 Å². The third-order valence-corrected chi connectivity index (χ3v) is 6.93. The van der Waals surface area contributed by atoms with Gasteiger partial charge in [-0.2, -0.15) is 0 Å². The van der Waals surface area contributed by atoms with Crippen molar-refractivity contribution in [3.8, 4) is 0 Å². The molecule has 0 aromatic rings. The van der Waals surface area contributed by atoms with Crippen LogP contribution in [0.2, 0.25) is 0 Å². The number of rotatable bonds is 1. The molecule has 0 aromatic carbocycles. The molecule has 100 valence electrons. The second kappa shape index (κ2) is 3.52. The van der Waals surface area contributed by atoms with Gasteiger partial charge in [-0.3, -0.25) is 0 Å². The molecule has 18 heavy (non-hydrogen) atoms. The molecule has 2 aliphatic heterocycles. The van der Waals surface area contributed by atoms with E-state index in [9.17, 15) is 0 Å². The lowest BCUT2D eigenvalue weighted by Gasteiger charge is -2.69. The lowest BCUT2D eigenvalue weighted by atomic mass is 9.49. The molecule has 0 N–H and O–H groups in total. The van der Waals surface area contributed by atoms with Gasteiger partial charge >= 0.3 is 0 Å². The Bertz CT molecular complexity index is 368. The highest BCUT2D eigenvalue weighted by atomic mass is 16.5. The molecule has 3 saturated carbocycles. The summed E-state index contributed by atoms with van der Waals surface area (Å²) in [4.78, 5) is 0. The molecule has 9 atom stereocenters. The predicted molar refractivity (Wildman–Crippen MR) is 68.1 cm³/mol. The van der Waals surface area contributed by atoms with E-state index in [-0.39, 0.29) is 0 Å². The van der Waals surface area contributed by atoms with Crippen molar-refractivity contribution in [2.45, 2.75) is 69.9 Å². The lowest BCUT2D eigenvalue weighted by molar-refractivity contribution is -0.368. The Morgan fingerprint density at radius 3 is 2.56 bits per heavy atom. The highest BCUT2D eigenvalue weighted by Gasteiger charge is 2.67. The summed E-state index contributed by atoms with van der Waals surface area (Å²) in [7, 11) is 0. The van der Waals surface area contributed by atoms with E-state index in [4.69, 9.17) is 9.47 Å². The number of hydrogen-bond donors (Lipinski definition) is 0. The minimum Gasteiger partial charge on any atom is -0.374 e. The third kappa shape index (κ3) is 1.09. The summed E-state index contributed by atoms with van der Waals surface area (Å²) in [6, 6.07) is 0. The molecule has 5 fully saturated rings. The van der Waals surface area contributed by atoms with Gasteiger partial charge < -0.3 is 9.47 Å². The summed E-state index contributed by atoms with van der Waals surface area (Å²) >= 11 is 0. The molecule has 2 heterocycles. The smallest absolute Gasteiger partial charge is 0.0668 e. The third-order valence-electron chi connectivity index (χ3n) is 6.93. The Morgan fingerprint density at radius 1 is 0.833 bits per heavy atom. The highest BCUT2D eigenvalue weighted by Crippen LogP contribution is 2.63. The minimum absolute atomic E-state index is 0.601. The maximum atomic E-state index is 6.40. The Kier molecular flexibility index (Phi) is 2.09. The van der Waals surface area contributed by atoms with Crippen molar-refractivity contribution in [3.05, 3.63) is 0 Å². The quantitative estimate of drug-likeness (QED) is 0.710. The monoisotopic (exact) mass is 248 g/mol. The van der Waals surface area contributed by atoms with Gasteiger partial charge in [-0.05, 0) is 43.4 Å². The lowest BCUT2D eigenvalue weighted by Crippen LogP contribution is -2.74. The van der Waals surface area contributed by atoms with E-state index in [1.807, 2.05) is 0 Å². The van der Waals surface area contributed by atoms with Crippen molar-refractivity contribution < 1.29 is 9.47 Å². The fourth-order valence-corrected chi connectivity index (χ4v) is 6.14. The van der Waals surface area contributed by atoms with E-state index in [2.05, 4.69) is 6.92 Å². The van der Waals surface area contributed by atoms with Crippen LogP contribution in [0, 0.1) is 29.6 Å². The van der Waals surface area contributed by atoms with E-state index in [0.29, 0.717) is 24.4 Å². The summed E-state index contributed by atoms with van der Waals surface area (Å²) in [6.45, 7) is 2.34. The fraction of sp³-hybridized carbons (Fsp3) is 1.00. The van der Waals surface area contributed by atoms with Gasteiger partial charge in [0.1, 0.15) is 0 Å². The summed E-state index contributed by atoms with van der Waals surface area (Å²) in [5.41, 5.74) is 0. The van der Waals surface area contributed by atoms with Crippen molar-refractivity contribution in [3.63, 3.8) is 0 Å². The molecule has 9 unspecified atom stereocenters. The van der Waals surface area contributed by atoms with Crippen molar-refractivity contribution in [1.82, 2.24) is 0 Å². The van der Waals surface area contributed by atoms with Gasteiger partial charge in [0.25, 0.3) is 0 Å². The minimum atomic E-state index is 0.601.